The molecule has 2 heterocycles. The molecule has 0 atom stereocenters. The van der Waals surface area contributed by atoms with Gasteiger partial charge in [0, 0.05) is 14.1 Å². The second-order valence-corrected chi connectivity index (χ2v) is 2.97. The minimum atomic E-state index is -0.153. The molecule has 74 valence electrons. The summed E-state index contributed by atoms with van der Waals surface area (Å²) in [5.74, 6) is 0. The summed E-state index contributed by atoms with van der Waals surface area (Å²) >= 11 is 0. The van der Waals surface area contributed by atoms with E-state index in [1.165, 1.54) is 17.9 Å². The fraction of sp³-hybridized carbons (Fsp3) is 0.375. The predicted octanol–water partition coefficient (Wildman–Crippen LogP) is -0.324. The van der Waals surface area contributed by atoms with Gasteiger partial charge in [0.2, 0.25) is 0 Å². The summed E-state index contributed by atoms with van der Waals surface area (Å²) in [6.07, 6.45) is 1.50. The molecule has 0 saturated heterocycles. The van der Waals surface area contributed by atoms with Gasteiger partial charge in [-0.1, -0.05) is 0 Å². The van der Waals surface area contributed by atoms with Crippen LogP contribution in [0.3, 0.4) is 0 Å². The van der Waals surface area contributed by atoms with Crippen LogP contribution in [0.5, 0.6) is 6.01 Å². The molecule has 6 nitrogen and oxygen atoms in total. The summed E-state index contributed by atoms with van der Waals surface area (Å²) in [7, 11) is 4.82. The maximum absolute atomic E-state index is 11.7. The molecule has 0 fully saturated rings. The average molecular weight is 194 g/mol. The molecule has 0 aliphatic heterocycles. The Morgan fingerprint density at radius 1 is 1.43 bits per heavy atom. The van der Waals surface area contributed by atoms with E-state index < -0.39 is 0 Å². The molecule has 0 radical (unpaired) electrons. The monoisotopic (exact) mass is 194 g/mol. The van der Waals surface area contributed by atoms with Gasteiger partial charge in [0.05, 0.1) is 13.3 Å². The molecular weight excluding hydrogens is 184 g/mol. The number of methoxy groups -OCH3 is 1. The highest BCUT2D eigenvalue weighted by molar-refractivity contribution is 5.73. The Morgan fingerprint density at radius 3 is 2.79 bits per heavy atom. The zero-order valence-corrected chi connectivity index (χ0v) is 8.18. The molecule has 2 rings (SSSR count). The van der Waals surface area contributed by atoms with E-state index >= 15 is 0 Å². The lowest BCUT2D eigenvalue weighted by atomic mass is 10.4. The summed E-state index contributed by atoms with van der Waals surface area (Å²) in [4.78, 5) is 15.9. The number of aryl methyl sites for hydroxylation is 1. The van der Waals surface area contributed by atoms with E-state index in [1.807, 2.05) is 0 Å². The summed E-state index contributed by atoms with van der Waals surface area (Å²) in [6.45, 7) is 0. The van der Waals surface area contributed by atoms with Crippen molar-refractivity contribution in [2.24, 2.45) is 14.1 Å². The SMILES string of the molecule is COc1nc2c(cnn2C)c(=O)n1C. The number of fused-ring (bicyclic) bond motifs is 1. The third kappa shape index (κ3) is 1.00. The topological polar surface area (TPSA) is 61.9 Å². The smallest absolute Gasteiger partial charge is 0.300 e. The molecule has 0 aliphatic carbocycles. The Balaban J connectivity index is 2.95. The van der Waals surface area contributed by atoms with Crippen LogP contribution in [-0.4, -0.2) is 26.4 Å². The van der Waals surface area contributed by atoms with E-state index in [1.54, 1.807) is 18.8 Å². The molecule has 0 spiro atoms. The van der Waals surface area contributed by atoms with Gasteiger partial charge < -0.3 is 4.74 Å². The Morgan fingerprint density at radius 2 is 2.14 bits per heavy atom. The highest BCUT2D eigenvalue weighted by Crippen LogP contribution is 2.09. The Labute approximate surface area is 79.7 Å². The van der Waals surface area contributed by atoms with Crippen LogP contribution in [0.2, 0.25) is 0 Å². The standard InChI is InChI=1S/C8H10N4O2/c1-11-7(13)5-4-9-12(2)6(5)10-8(11)14-3/h4H,1-3H3. The normalized spacial score (nSPS) is 10.8. The van der Waals surface area contributed by atoms with Crippen LogP contribution < -0.4 is 10.3 Å². The largest absolute Gasteiger partial charge is 0.468 e. The van der Waals surface area contributed by atoms with E-state index in [2.05, 4.69) is 10.1 Å². The van der Waals surface area contributed by atoms with Gasteiger partial charge >= 0.3 is 6.01 Å². The average Bonchev–Trinajstić information content (AvgIpc) is 2.54. The third-order valence-electron chi connectivity index (χ3n) is 2.11. The predicted molar refractivity (Wildman–Crippen MR) is 50.3 cm³/mol. The molecule has 0 aliphatic rings. The third-order valence-corrected chi connectivity index (χ3v) is 2.11. The van der Waals surface area contributed by atoms with Crippen molar-refractivity contribution in [3.05, 3.63) is 16.6 Å². The molecular formula is C8H10N4O2. The second-order valence-electron chi connectivity index (χ2n) is 2.97. The minimum absolute atomic E-state index is 0.153. The van der Waals surface area contributed by atoms with E-state index in [0.29, 0.717) is 11.0 Å². The lowest BCUT2D eigenvalue weighted by Crippen LogP contribution is -2.19. The number of rotatable bonds is 1. The van der Waals surface area contributed by atoms with Crippen LogP contribution in [0.15, 0.2) is 11.0 Å². The fourth-order valence-corrected chi connectivity index (χ4v) is 1.33. The minimum Gasteiger partial charge on any atom is -0.468 e. The van der Waals surface area contributed by atoms with Crippen LogP contribution in [0, 0.1) is 0 Å². The number of nitrogens with zero attached hydrogens (tertiary/aromatic N) is 4. The summed E-state index contributed by atoms with van der Waals surface area (Å²) < 4.78 is 7.86. The van der Waals surface area contributed by atoms with E-state index in [-0.39, 0.29) is 11.6 Å². The molecule has 6 heteroatoms. The molecule has 14 heavy (non-hydrogen) atoms. The van der Waals surface area contributed by atoms with Gasteiger partial charge in [0.1, 0.15) is 5.39 Å². The van der Waals surface area contributed by atoms with E-state index in [9.17, 15) is 4.79 Å². The van der Waals surface area contributed by atoms with Gasteiger partial charge in [0.25, 0.3) is 5.56 Å². The van der Waals surface area contributed by atoms with Crippen LogP contribution >= 0.6 is 0 Å². The summed E-state index contributed by atoms with van der Waals surface area (Å²) in [6, 6.07) is 0.283. The van der Waals surface area contributed by atoms with E-state index in [4.69, 9.17) is 4.74 Å². The lowest BCUT2D eigenvalue weighted by molar-refractivity contribution is 0.358. The Hall–Kier alpha value is -1.85. The lowest BCUT2D eigenvalue weighted by Gasteiger charge is -2.04. The highest BCUT2D eigenvalue weighted by Gasteiger charge is 2.10. The quantitative estimate of drug-likeness (QED) is 0.624. The van der Waals surface area contributed by atoms with Crippen LogP contribution in [-0.2, 0) is 14.1 Å². The highest BCUT2D eigenvalue weighted by atomic mass is 16.5. The van der Waals surface area contributed by atoms with E-state index in [0.717, 1.165) is 0 Å². The van der Waals surface area contributed by atoms with Gasteiger partial charge in [-0.25, -0.2) is 0 Å². The summed E-state index contributed by atoms with van der Waals surface area (Å²) in [5.41, 5.74) is 0.380. The zero-order valence-electron chi connectivity index (χ0n) is 8.18. The maximum Gasteiger partial charge on any atom is 0.300 e. The molecule has 0 unspecified atom stereocenters. The van der Waals surface area contributed by atoms with Crippen molar-refractivity contribution >= 4 is 11.0 Å². The first-order chi connectivity index (χ1) is 6.65. The first-order valence-electron chi connectivity index (χ1n) is 4.08. The molecule has 0 N–H and O–H groups in total. The van der Waals surface area contributed by atoms with Gasteiger partial charge in [-0.05, 0) is 0 Å². The van der Waals surface area contributed by atoms with Crippen molar-refractivity contribution in [3.8, 4) is 6.01 Å². The summed E-state index contributed by atoms with van der Waals surface area (Å²) in [5, 5.41) is 4.45. The first-order valence-corrected chi connectivity index (χ1v) is 4.08. The van der Waals surface area contributed by atoms with Gasteiger partial charge in [-0.3, -0.25) is 14.0 Å². The second kappa shape index (κ2) is 2.83. The van der Waals surface area contributed by atoms with Crippen molar-refractivity contribution in [2.75, 3.05) is 7.11 Å². The van der Waals surface area contributed by atoms with Crippen molar-refractivity contribution in [1.82, 2.24) is 19.3 Å². The molecule has 0 bridgehead atoms. The molecule has 0 saturated carbocycles. The number of aromatic nitrogens is 4. The number of ether oxygens (including phenoxy) is 1. The van der Waals surface area contributed by atoms with Crippen molar-refractivity contribution in [1.29, 1.82) is 0 Å². The van der Waals surface area contributed by atoms with Crippen LogP contribution in [0.4, 0.5) is 0 Å². The number of hydrogen-bond acceptors (Lipinski definition) is 4. The fourth-order valence-electron chi connectivity index (χ4n) is 1.33. The molecule has 2 aromatic rings. The van der Waals surface area contributed by atoms with Gasteiger partial charge in [-0.15, -0.1) is 0 Å². The molecule has 0 aromatic carbocycles. The van der Waals surface area contributed by atoms with Gasteiger partial charge in [-0.2, -0.15) is 10.1 Å². The first kappa shape index (κ1) is 8.74. The van der Waals surface area contributed by atoms with Crippen LogP contribution in [0.25, 0.3) is 11.0 Å². The molecule has 0 amide bonds. The zero-order chi connectivity index (χ0) is 10.3. The van der Waals surface area contributed by atoms with Crippen LogP contribution in [0.1, 0.15) is 0 Å². The van der Waals surface area contributed by atoms with Crippen molar-refractivity contribution in [3.63, 3.8) is 0 Å². The maximum atomic E-state index is 11.7. The Kier molecular flexibility index (Phi) is 1.77. The molecule has 2 aromatic heterocycles. The number of hydrogen-bond donors (Lipinski definition) is 0. The van der Waals surface area contributed by atoms with Gasteiger partial charge in [0.15, 0.2) is 5.65 Å². The van der Waals surface area contributed by atoms with Crippen molar-refractivity contribution < 1.29 is 4.74 Å². The van der Waals surface area contributed by atoms with Crippen molar-refractivity contribution in [2.45, 2.75) is 0 Å². The Bertz CT molecular complexity index is 540.